The lowest BCUT2D eigenvalue weighted by atomic mass is 9.88. The first kappa shape index (κ1) is 17.8. The van der Waals surface area contributed by atoms with Gasteiger partial charge in [0.1, 0.15) is 10.7 Å². The van der Waals surface area contributed by atoms with E-state index in [1.165, 1.54) is 0 Å². The van der Waals surface area contributed by atoms with Crippen molar-refractivity contribution in [1.82, 2.24) is 5.32 Å². The summed E-state index contributed by atoms with van der Waals surface area (Å²) >= 11 is 0. The maximum Gasteiger partial charge on any atom is 0.264 e. The molecule has 21 heavy (non-hydrogen) atoms. The molecule has 0 fully saturated rings. The minimum absolute atomic E-state index is 0.305. The van der Waals surface area contributed by atoms with Gasteiger partial charge in [-0.1, -0.05) is 20.8 Å². The Morgan fingerprint density at radius 1 is 1.29 bits per heavy atom. The quantitative estimate of drug-likeness (QED) is 0.861. The molecule has 0 aliphatic carbocycles. The second-order valence-corrected chi connectivity index (χ2v) is 8.30. The van der Waals surface area contributed by atoms with E-state index in [4.69, 9.17) is 10.7 Å². The highest BCUT2D eigenvalue weighted by Gasteiger charge is 2.27. The van der Waals surface area contributed by atoms with Gasteiger partial charge < -0.3 is 5.32 Å². The zero-order valence-electron chi connectivity index (χ0n) is 12.0. The van der Waals surface area contributed by atoms with Gasteiger partial charge in [-0.2, -0.15) is 0 Å². The van der Waals surface area contributed by atoms with Crippen LogP contribution in [0.3, 0.4) is 0 Å². The van der Waals surface area contributed by atoms with Gasteiger partial charge in [-0.15, -0.1) is 0 Å². The van der Waals surface area contributed by atoms with Crippen LogP contribution in [0.25, 0.3) is 0 Å². The summed E-state index contributed by atoms with van der Waals surface area (Å²) in [5.74, 6) is -3.34. The number of benzene rings is 1. The third-order valence-corrected chi connectivity index (χ3v) is 4.48. The maximum absolute atomic E-state index is 14.1. The predicted octanol–water partition coefficient (Wildman–Crippen LogP) is 3.06. The van der Waals surface area contributed by atoms with Gasteiger partial charge in [-0.3, -0.25) is 4.79 Å². The highest BCUT2D eigenvalue weighted by Crippen LogP contribution is 2.24. The molecule has 0 heterocycles. The second kappa shape index (κ2) is 5.88. The normalized spacial score (nSPS) is 13.9. The molecule has 0 saturated carbocycles. The molecule has 1 amide bonds. The first-order valence-corrected chi connectivity index (χ1v) is 8.39. The lowest BCUT2D eigenvalue weighted by Gasteiger charge is -2.28. The largest absolute Gasteiger partial charge is 0.349 e. The molecular weight excluding hydrogens is 324 g/mol. The molecule has 0 bridgehead atoms. The van der Waals surface area contributed by atoms with Crippen LogP contribution in [0.15, 0.2) is 17.0 Å². The van der Waals surface area contributed by atoms with Gasteiger partial charge >= 0.3 is 0 Å². The average molecular weight is 340 g/mol. The third-order valence-electron chi connectivity index (χ3n) is 3.16. The van der Waals surface area contributed by atoms with Gasteiger partial charge in [0, 0.05) is 16.7 Å². The summed E-state index contributed by atoms with van der Waals surface area (Å²) in [7, 11) is 0.533. The van der Waals surface area contributed by atoms with Crippen LogP contribution in [-0.4, -0.2) is 20.4 Å². The van der Waals surface area contributed by atoms with Crippen LogP contribution in [0.4, 0.5) is 8.78 Å². The van der Waals surface area contributed by atoms with Crippen LogP contribution >= 0.6 is 10.7 Å². The van der Waals surface area contributed by atoms with E-state index in [0.29, 0.717) is 12.1 Å². The highest BCUT2D eigenvalue weighted by molar-refractivity contribution is 8.13. The fraction of sp³-hybridized carbons (Fsp3) is 0.462. The number of halogens is 3. The first-order chi connectivity index (χ1) is 9.34. The molecule has 0 aromatic heterocycles. The van der Waals surface area contributed by atoms with Crippen molar-refractivity contribution >= 4 is 25.6 Å². The lowest BCUT2D eigenvalue weighted by Crippen LogP contribution is -2.41. The molecule has 8 heteroatoms. The topological polar surface area (TPSA) is 63.2 Å². The number of hydrogen-bond acceptors (Lipinski definition) is 3. The fourth-order valence-electron chi connectivity index (χ4n) is 1.40. The van der Waals surface area contributed by atoms with E-state index in [9.17, 15) is 22.0 Å². The van der Waals surface area contributed by atoms with E-state index in [1.54, 1.807) is 6.92 Å². The van der Waals surface area contributed by atoms with Crippen LogP contribution in [0.2, 0.25) is 0 Å². The van der Waals surface area contributed by atoms with E-state index in [-0.39, 0.29) is 11.5 Å². The number of nitrogens with one attached hydrogen (secondary N) is 1. The molecule has 1 aromatic rings. The lowest BCUT2D eigenvalue weighted by molar-refractivity contribution is 0.0905. The molecule has 1 atom stereocenters. The Labute approximate surface area is 126 Å². The molecule has 118 valence electrons. The molecular formula is C13H16ClF2NO3S. The smallest absolute Gasteiger partial charge is 0.264 e. The van der Waals surface area contributed by atoms with Gasteiger partial charge in [-0.25, -0.2) is 17.2 Å². The van der Waals surface area contributed by atoms with Crippen LogP contribution in [0.1, 0.15) is 38.1 Å². The Morgan fingerprint density at radius 2 is 1.81 bits per heavy atom. The molecule has 1 N–H and O–H groups in total. The standard InChI is InChI=1S/C13H16ClF2NO3S/c1-7(13(2,3)4)17-12(18)9-5-8(15)6-10(11(9)16)21(14,19)20/h5-7H,1-4H3,(H,17,18). The summed E-state index contributed by atoms with van der Waals surface area (Å²) in [6, 6.07) is 0.719. The minimum Gasteiger partial charge on any atom is -0.349 e. The predicted molar refractivity (Wildman–Crippen MR) is 75.8 cm³/mol. The second-order valence-electron chi connectivity index (χ2n) is 5.76. The van der Waals surface area contributed by atoms with E-state index >= 15 is 0 Å². The van der Waals surface area contributed by atoms with Crippen LogP contribution in [0.5, 0.6) is 0 Å². The molecule has 0 saturated heterocycles. The SMILES string of the molecule is CC(NC(=O)c1cc(F)cc(S(=O)(=O)Cl)c1F)C(C)(C)C. The Morgan fingerprint density at radius 3 is 2.24 bits per heavy atom. The number of rotatable bonds is 3. The zero-order valence-corrected chi connectivity index (χ0v) is 13.6. The van der Waals surface area contributed by atoms with Crippen molar-refractivity contribution in [2.45, 2.75) is 38.6 Å². The van der Waals surface area contributed by atoms with Crippen LogP contribution in [-0.2, 0) is 9.05 Å². The van der Waals surface area contributed by atoms with E-state index < -0.39 is 37.1 Å². The fourth-order valence-corrected chi connectivity index (χ4v) is 2.31. The summed E-state index contributed by atoms with van der Waals surface area (Å²) in [4.78, 5) is 10.9. The number of carbonyl (C=O) groups is 1. The van der Waals surface area contributed by atoms with E-state index in [0.717, 1.165) is 0 Å². The molecule has 1 aromatic carbocycles. The maximum atomic E-state index is 14.1. The highest BCUT2D eigenvalue weighted by atomic mass is 35.7. The minimum atomic E-state index is -4.49. The van der Waals surface area contributed by atoms with E-state index in [1.807, 2.05) is 20.8 Å². The van der Waals surface area contributed by atoms with Gasteiger partial charge in [-0.05, 0) is 24.5 Å². The Balaban J connectivity index is 3.26. The average Bonchev–Trinajstić information content (AvgIpc) is 2.28. The monoisotopic (exact) mass is 339 g/mol. The van der Waals surface area contributed by atoms with Crippen molar-refractivity contribution in [3.63, 3.8) is 0 Å². The van der Waals surface area contributed by atoms with Crippen LogP contribution < -0.4 is 5.32 Å². The summed E-state index contributed by atoms with van der Waals surface area (Å²) in [5, 5.41) is 2.50. The Kier molecular flexibility index (Phi) is 5.00. The molecule has 1 unspecified atom stereocenters. The van der Waals surface area contributed by atoms with Crippen LogP contribution in [0, 0.1) is 17.0 Å². The molecule has 0 aliphatic heterocycles. The number of carbonyl (C=O) groups excluding carboxylic acids is 1. The van der Waals surface area contributed by atoms with Gasteiger partial charge in [0.15, 0.2) is 5.82 Å². The molecule has 4 nitrogen and oxygen atoms in total. The van der Waals surface area contributed by atoms with Gasteiger partial charge in [0.25, 0.3) is 15.0 Å². The molecule has 0 spiro atoms. The molecule has 1 rings (SSSR count). The van der Waals surface area contributed by atoms with Gasteiger partial charge in [0.05, 0.1) is 5.56 Å². The summed E-state index contributed by atoms with van der Waals surface area (Å²) in [6.45, 7) is 7.27. The Hall–Kier alpha value is -1.21. The van der Waals surface area contributed by atoms with Crippen molar-refractivity contribution in [3.05, 3.63) is 29.3 Å². The zero-order chi connectivity index (χ0) is 16.6. The summed E-state index contributed by atoms with van der Waals surface area (Å²) in [5.41, 5.74) is -1.01. The van der Waals surface area contributed by atoms with Gasteiger partial charge in [0.2, 0.25) is 0 Å². The first-order valence-electron chi connectivity index (χ1n) is 6.08. The van der Waals surface area contributed by atoms with E-state index in [2.05, 4.69) is 5.32 Å². The molecule has 0 radical (unpaired) electrons. The van der Waals surface area contributed by atoms with Crippen molar-refractivity contribution in [2.75, 3.05) is 0 Å². The molecule has 0 aliphatic rings. The number of hydrogen-bond donors (Lipinski definition) is 1. The third kappa shape index (κ3) is 4.38. The van der Waals surface area contributed by atoms with Crippen molar-refractivity contribution < 1.29 is 22.0 Å². The van der Waals surface area contributed by atoms with Crippen molar-refractivity contribution in [1.29, 1.82) is 0 Å². The summed E-state index contributed by atoms with van der Waals surface area (Å²) in [6.07, 6.45) is 0. The van der Waals surface area contributed by atoms with Crippen molar-refractivity contribution in [3.8, 4) is 0 Å². The Bertz CT molecular complexity index is 669. The van der Waals surface area contributed by atoms with Crippen molar-refractivity contribution in [2.24, 2.45) is 5.41 Å². The number of amides is 1. The summed E-state index contributed by atoms with van der Waals surface area (Å²) < 4.78 is 49.8.